The van der Waals surface area contributed by atoms with Gasteiger partial charge in [0.2, 0.25) is 5.91 Å². The van der Waals surface area contributed by atoms with Crippen molar-refractivity contribution < 1.29 is 18.4 Å². The van der Waals surface area contributed by atoms with Gasteiger partial charge in [0.25, 0.3) is 5.91 Å². The molecule has 2 amide bonds. The maximum atomic E-state index is 14.9. The van der Waals surface area contributed by atoms with Gasteiger partial charge in [-0.05, 0) is 37.1 Å². The second-order valence-corrected chi connectivity index (χ2v) is 10.0. The Morgan fingerprint density at radius 1 is 0.816 bits per heavy atom. The van der Waals surface area contributed by atoms with Gasteiger partial charge in [0.05, 0.1) is 16.9 Å². The van der Waals surface area contributed by atoms with E-state index in [4.69, 9.17) is 0 Å². The van der Waals surface area contributed by atoms with Crippen molar-refractivity contribution in [3.8, 4) is 16.9 Å². The predicted molar refractivity (Wildman–Crippen MR) is 146 cm³/mol. The highest BCUT2D eigenvalue weighted by Gasteiger charge is 2.28. The van der Waals surface area contributed by atoms with E-state index >= 15 is 0 Å². The molecule has 0 N–H and O–H groups in total. The first-order chi connectivity index (χ1) is 18.4. The van der Waals surface area contributed by atoms with E-state index < -0.39 is 11.6 Å². The first-order valence-electron chi connectivity index (χ1n) is 13.7. The number of benzene rings is 2. The normalized spacial score (nSPS) is 13.7. The van der Waals surface area contributed by atoms with E-state index in [0.29, 0.717) is 49.6 Å². The maximum Gasteiger partial charge on any atom is 0.255 e. The molecule has 0 unspecified atom stereocenters. The summed E-state index contributed by atoms with van der Waals surface area (Å²) < 4.78 is 30.2. The molecule has 202 valence electrons. The molecule has 0 radical (unpaired) electrons. The second-order valence-electron chi connectivity index (χ2n) is 10.0. The van der Waals surface area contributed by atoms with Crippen LogP contribution in [0, 0.1) is 18.6 Å². The Balaban J connectivity index is 1.48. The molecular weight excluding hydrogens is 484 g/mol. The van der Waals surface area contributed by atoms with Crippen LogP contribution in [0.3, 0.4) is 0 Å². The number of halogens is 2. The molecule has 1 aliphatic heterocycles. The minimum atomic E-state index is -0.697. The molecular formula is C31H37F2N3O2. The lowest BCUT2D eigenvalue weighted by Crippen LogP contribution is -2.50. The van der Waals surface area contributed by atoms with Gasteiger partial charge in [-0.25, -0.2) is 8.78 Å². The van der Waals surface area contributed by atoms with E-state index in [1.807, 2.05) is 35.2 Å². The summed E-state index contributed by atoms with van der Waals surface area (Å²) >= 11 is 0. The van der Waals surface area contributed by atoms with Crippen molar-refractivity contribution in [3.05, 3.63) is 77.5 Å². The number of amides is 2. The number of nitrogens with zero attached hydrogens (tertiary/aromatic N) is 3. The van der Waals surface area contributed by atoms with Crippen LogP contribution in [-0.2, 0) is 4.79 Å². The van der Waals surface area contributed by atoms with Crippen LogP contribution in [0.2, 0.25) is 0 Å². The van der Waals surface area contributed by atoms with Crippen LogP contribution < -0.4 is 0 Å². The third-order valence-electron chi connectivity index (χ3n) is 7.36. The number of carbonyl (C=O) groups is 2. The van der Waals surface area contributed by atoms with Gasteiger partial charge in [-0.15, -0.1) is 0 Å². The average Bonchev–Trinajstić information content (AvgIpc) is 3.27. The molecule has 0 spiro atoms. The van der Waals surface area contributed by atoms with Crippen molar-refractivity contribution in [2.75, 3.05) is 26.2 Å². The van der Waals surface area contributed by atoms with Crippen molar-refractivity contribution in [2.45, 2.75) is 58.8 Å². The topological polar surface area (TPSA) is 45.6 Å². The minimum Gasteiger partial charge on any atom is -0.339 e. The summed E-state index contributed by atoms with van der Waals surface area (Å²) in [4.78, 5) is 29.9. The summed E-state index contributed by atoms with van der Waals surface area (Å²) in [6.07, 6.45) is 7.42. The average molecular weight is 522 g/mol. The van der Waals surface area contributed by atoms with Gasteiger partial charge < -0.3 is 14.4 Å². The number of hydrogen-bond donors (Lipinski definition) is 0. The highest BCUT2D eigenvalue weighted by Crippen LogP contribution is 2.31. The molecule has 0 bridgehead atoms. The van der Waals surface area contributed by atoms with Crippen LogP contribution >= 0.6 is 0 Å². The first-order valence-corrected chi connectivity index (χ1v) is 13.7. The van der Waals surface area contributed by atoms with Crippen LogP contribution in [-0.4, -0.2) is 52.4 Å². The van der Waals surface area contributed by atoms with E-state index in [2.05, 4.69) is 6.92 Å². The zero-order valence-electron chi connectivity index (χ0n) is 22.4. The van der Waals surface area contributed by atoms with Crippen LogP contribution in [0.5, 0.6) is 0 Å². The van der Waals surface area contributed by atoms with Crippen LogP contribution in [0.25, 0.3) is 16.9 Å². The summed E-state index contributed by atoms with van der Waals surface area (Å²) in [6.45, 7) is 5.91. The zero-order valence-corrected chi connectivity index (χ0v) is 22.4. The van der Waals surface area contributed by atoms with E-state index in [1.54, 1.807) is 22.5 Å². The van der Waals surface area contributed by atoms with Gasteiger partial charge in [-0.2, -0.15) is 0 Å². The van der Waals surface area contributed by atoms with Crippen LogP contribution in [0.4, 0.5) is 8.78 Å². The van der Waals surface area contributed by atoms with Gasteiger partial charge >= 0.3 is 0 Å². The molecule has 0 aliphatic carbocycles. The third-order valence-corrected chi connectivity index (χ3v) is 7.36. The molecule has 1 aliphatic rings. The zero-order chi connectivity index (χ0) is 27.1. The Morgan fingerprint density at radius 2 is 1.47 bits per heavy atom. The molecule has 3 aromatic rings. The van der Waals surface area contributed by atoms with E-state index in [0.717, 1.165) is 24.5 Å². The summed E-state index contributed by atoms with van der Waals surface area (Å²) in [5, 5.41) is 0. The smallest absolute Gasteiger partial charge is 0.255 e. The number of aromatic nitrogens is 1. The van der Waals surface area contributed by atoms with Crippen molar-refractivity contribution >= 4 is 11.8 Å². The molecule has 2 heterocycles. The summed E-state index contributed by atoms with van der Waals surface area (Å²) in [7, 11) is 0. The molecule has 4 rings (SSSR count). The second kappa shape index (κ2) is 12.9. The Labute approximate surface area is 224 Å². The molecule has 2 aromatic carbocycles. The molecule has 1 saturated heterocycles. The summed E-state index contributed by atoms with van der Waals surface area (Å²) in [5.41, 5.74) is 2.72. The lowest BCUT2D eigenvalue weighted by atomic mass is 10.1. The van der Waals surface area contributed by atoms with Crippen molar-refractivity contribution in [3.63, 3.8) is 0 Å². The third kappa shape index (κ3) is 6.32. The summed E-state index contributed by atoms with van der Waals surface area (Å²) in [6, 6.07) is 14.7. The Bertz CT molecular complexity index is 1250. The number of hydrogen-bond acceptors (Lipinski definition) is 2. The lowest BCUT2D eigenvalue weighted by molar-refractivity contribution is -0.132. The highest BCUT2D eigenvalue weighted by molar-refractivity contribution is 5.97. The number of rotatable bonds is 10. The Hall–Kier alpha value is -3.48. The maximum absolute atomic E-state index is 14.9. The SMILES string of the molecule is CCCCCCCCC(=O)N1CCN(C(=O)c2cc(-c3ccccc3)n(-c3ccc(F)cc3F)c2C)CC1. The number of piperazine rings is 1. The predicted octanol–water partition coefficient (Wildman–Crippen LogP) is 6.77. The van der Waals surface area contributed by atoms with Crippen LogP contribution in [0.15, 0.2) is 54.6 Å². The fraction of sp³-hybridized carbons (Fsp3) is 0.419. The van der Waals surface area contributed by atoms with Crippen molar-refractivity contribution in [2.24, 2.45) is 0 Å². The van der Waals surface area contributed by atoms with Crippen molar-refractivity contribution in [1.82, 2.24) is 14.4 Å². The number of unbranched alkanes of at least 4 members (excludes halogenated alkanes) is 5. The van der Waals surface area contributed by atoms with E-state index in [9.17, 15) is 18.4 Å². The lowest BCUT2D eigenvalue weighted by Gasteiger charge is -2.35. The molecule has 5 nitrogen and oxygen atoms in total. The Morgan fingerprint density at radius 3 is 2.16 bits per heavy atom. The first kappa shape index (κ1) is 27.6. The standard InChI is InChI=1S/C31H37F2N3O2/c1-3-4-5-6-7-11-14-30(37)34-17-19-35(20-18-34)31(38)26-22-29(24-12-9-8-10-13-24)36(23(26)2)28-16-15-25(32)21-27(28)33/h8-10,12-13,15-16,21-22H,3-7,11,14,17-20H2,1-2H3. The van der Waals surface area contributed by atoms with Crippen LogP contribution in [0.1, 0.15) is 67.9 Å². The van der Waals surface area contributed by atoms with E-state index in [-0.39, 0.29) is 17.5 Å². The monoisotopic (exact) mass is 521 g/mol. The largest absolute Gasteiger partial charge is 0.339 e. The van der Waals surface area contributed by atoms with E-state index in [1.165, 1.54) is 37.8 Å². The van der Waals surface area contributed by atoms with Gasteiger partial charge in [0.1, 0.15) is 11.6 Å². The summed E-state index contributed by atoms with van der Waals surface area (Å²) in [5.74, 6) is -1.34. The van der Waals surface area contributed by atoms with Gasteiger partial charge in [0, 0.05) is 44.4 Å². The van der Waals surface area contributed by atoms with Crippen molar-refractivity contribution in [1.29, 1.82) is 0 Å². The molecule has 7 heteroatoms. The Kier molecular flexibility index (Phi) is 9.32. The van der Waals surface area contributed by atoms with Gasteiger partial charge in [-0.1, -0.05) is 69.4 Å². The van der Waals surface area contributed by atoms with Gasteiger partial charge in [0.15, 0.2) is 0 Å². The molecule has 1 fully saturated rings. The van der Waals surface area contributed by atoms with Gasteiger partial charge in [-0.3, -0.25) is 9.59 Å². The molecule has 0 atom stereocenters. The fourth-order valence-corrected chi connectivity index (χ4v) is 5.16. The molecule has 0 saturated carbocycles. The highest BCUT2D eigenvalue weighted by atomic mass is 19.1. The molecule has 1 aromatic heterocycles. The fourth-order valence-electron chi connectivity index (χ4n) is 5.16. The quantitative estimate of drug-likeness (QED) is 0.277. The number of carbonyl (C=O) groups excluding carboxylic acids is 2. The molecule has 38 heavy (non-hydrogen) atoms. The minimum absolute atomic E-state index is 0.149.